The van der Waals surface area contributed by atoms with Crippen molar-refractivity contribution >= 4 is 17.9 Å². The van der Waals surface area contributed by atoms with E-state index in [9.17, 15) is 14.4 Å². The van der Waals surface area contributed by atoms with Gasteiger partial charge in [0.25, 0.3) is 0 Å². The summed E-state index contributed by atoms with van der Waals surface area (Å²) < 4.78 is 16.8. The lowest BCUT2D eigenvalue weighted by atomic mass is 10.0. The highest BCUT2D eigenvalue weighted by Gasteiger charge is 2.19. The average molecular weight is 1050 g/mol. The highest BCUT2D eigenvalue weighted by Crippen LogP contribution is 2.17. The number of hydrogen-bond acceptors (Lipinski definition) is 6. The predicted octanol–water partition coefficient (Wildman–Crippen LogP) is 22.3. The molecule has 0 spiro atoms. The van der Waals surface area contributed by atoms with Crippen LogP contribution < -0.4 is 0 Å². The van der Waals surface area contributed by atoms with Crippen molar-refractivity contribution in [3.05, 3.63) is 60.8 Å². The molecule has 0 aromatic rings. The Morgan fingerprint density at radius 3 is 0.827 bits per heavy atom. The van der Waals surface area contributed by atoms with E-state index in [1.54, 1.807) is 0 Å². The summed E-state index contributed by atoms with van der Waals surface area (Å²) in [6.45, 7) is 6.49. The SMILES string of the molecule is CC/C=C\C/C=C\C/C=C\C/C=C\CCCCCCCCCCCCCCCCC(=O)OCC(COC(=O)CCCCCCC)OC(=O)CCCCCCCCCCCCCCC/C=C\CCCCCCCCCC. The van der Waals surface area contributed by atoms with Gasteiger partial charge in [-0.3, -0.25) is 14.4 Å². The van der Waals surface area contributed by atoms with Crippen molar-refractivity contribution in [1.82, 2.24) is 0 Å². The molecule has 0 heterocycles. The van der Waals surface area contributed by atoms with Gasteiger partial charge in [0, 0.05) is 19.3 Å². The lowest BCUT2D eigenvalue weighted by Gasteiger charge is -2.18. The minimum absolute atomic E-state index is 0.0713. The van der Waals surface area contributed by atoms with Crippen LogP contribution in [0, 0.1) is 0 Å². The van der Waals surface area contributed by atoms with Crippen LogP contribution in [0.5, 0.6) is 0 Å². The van der Waals surface area contributed by atoms with Gasteiger partial charge >= 0.3 is 17.9 Å². The summed E-state index contributed by atoms with van der Waals surface area (Å²) in [5.41, 5.74) is 0. The summed E-state index contributed by atoms with van der Waals surface area (Å²) in [7, 11) is 0. The first kappa shape index (κ1) is 72.1. The maximum absolute atomic E-state index is 12.8. The van der Waals surface area contributed by atoms with Gasteiger partial charge in [0.05, 0.1) is 0 Å². The minimum Gasteiger partial charge on any atom is -0.462 e. The molecule has 0 N–H and O–H groups in total. The lowest BCUT2D eigenvalue weighted by molar-refractivity contribution is -0.167. The van der Waals surface area contributed by atoms with Crippen molar-refractivity contribution < 1.29 is 28.6 Å². The number of unbranched alkanes of at least 4 members (excludes halogenated alkanes) is 39. The highest BCUT2D eigenvalue weighted by molar-refractivity contribution is 5.71. The first-order chi connectivity index (χ1) is 37.0. The van der Waals surface area contributed by atoms with E-state index in [-0.39, 0.29) is 31.1 Å². The van der Waals surface area contributed by atoms with Crippen molar-refractivity contribution in [2.45, 2.75) is 348 Å². The van der Waals surface area contributed by atoms with Crippen LogP contribution in [-0.4, -0.2) is 37.2 Å². The molecular weight excluding hydrogens is 925 g/mol. The molecule has 0 amide bonds. The topological polar surface area (TPSA) is 78.9 Å². The van der Waals surface area contributed by atoms with Gasteiger partial charge in [-0.05, 0) is 83.5 Å². The molecule has 0 aliphatic carbocycles. The van der Waals surface area contributed by atoms with Gasteiger partial charge < -0.3 is 14.2 Å². The van der Waals surface area contributed by atoms with E-state index in [0.717, 1.165) is 89.9 Å². The number of allylic oxidation sites excluding steroid dienone is 10. The highest BCUT2D eigenvalue weighted by atomic mass is 16.6. The zero-order valence-electron chi connectivity index (χ0n) is 50.1. The first-order valence-corrected chi connectivity index (χ1v) is 32.8. The van der Waals surface area contributed by atoms with Crippen molar-refractivity contribution in [2.24, 2.45) is 0 Å². The molecule has 0 aromatic carbocycles. The monoisotopic (exact) mass is 1050 g/mol. The average Bonchev–Trinajstić information content (AvgIpc) is 3.41. The predicted molar refractivity (Wildman–Crippen MR) is 325 cm³/mol. The van der Waals surface area contributed by atoms with Gasteiger partial charge in [-0.25, -0.2) is 0 Å². The zero-order valence-corrected chi connectivity index (χ0v) is 50.1. The fourth-order valence-electron chi connectivity index (χ4n) is 9.61. The van der Waals surface area contributed by atoms with E-state index in [0.29, 0.717) is 19.3 Å². The Morgan fingerprint density at radius 2 is 0.520 bits per heavy atom. The molecule has 0 radical (unpaired) electrons. The standard InChI is InChI=1S/C69H124O6/c1-4-7-10-13-15-17-19-21-23-25-27-29-31-33-34-36-37-39-41-43-45-47-49-51-53-56-59-62-68(71)74-65-66(64-73-67(70)61-58-55-12-9-6-3)75-69(72)63-60-57-54-52-50-48-46-44-42-40-38-35-32-30-28-26-24-22-20-18-16-14-11-8-5-2/h7,10,15,17,21,23,26-29,66H,4-6,8-9,11-14,16,18-20,22,24-25,30-65H2,1-3H3/b10-7-,17-15-,23-21-,28-26-,29-27-. The number of esters is 3. The summed E-state index contributed by atoms with van der Waals surface area (Å²) in [4.78, 5) is 38.0. The minimum atomic E-state index is -0.770. The molecular formula is C69H124O6. The third-order valence-electron chi connectivity index (χ3n) is 14.5. The molecule has 0 saturated carbocycles. The summed E-state index contributed by atoms with van der Waals surface area (Å²) in [6.07, 6.45) is 81.5. The van der Waals surface area contributed by atoms with Crippen molar-refractivity contribution in [1.29, 1.82) is 0 Å². The summed E-state index contributed by atoms with van der Waals surface area (Å²) in [6, 6.07) is 0. The summed E-state index contributed by atoms with van der Waals surface area (Å²) in [5.74, 6) is -0.869. The summed E-state index contributed by atoms with van der Waals surface area (Å²) in [5, 5.41) is 0. The number of ether oxygens (including phenoxy) is 3. The molecule has 436 valence electrons. The Labute approximate surface area is 466 Å². The first-order valence-electron chi connectivity index (χ1n) is 32.8. The molecule has 1 unspecified atom stereocenters. The Kier molecular flexibility index (Phi) is 61.2. The number of hydrogen-bond donors (Lipinski definition) is 0. The van der Waals surface area contributed by atoms with Gasteiger partial charge in [0.15, 0.2) is 6.10 Å². The van der Waals surface area contributed by atoms with Crippen molar-refractivity contribution in [3.8, 4) is 0 Å². The van der Waals surface area contributed by atoms with E-state index >= 15 is 0 Å². The van der Waals surface area contributed by atoms with E-state index in [1.807, 2.05) is 0 Å². The van der Waals surface area contributed by atoms with Gasteiger partial charge in [-0.2, -0.15) is 0 Å². The largest absolute Gasteiger partial charge is 0.462 e. The van der Waals surface area contributed by atoms with Gasteiger partial charge in [0.1, 0.15) is 13.2 Å². The van der Waals surface area contributed by atoms with Crippen LogP contribution in [0.25, 0.3) is 0 Å². The van der Waals surface area contributed by atoms with E-state index in [4.69, 9.17) is 14.2 Å². The van der Waals surface area contributed by atoms with Crippen LogP contribution in [-0.2, 0) is 28.6 Å². The van der Waals surface area contributed by atoms with E-state index in [2.05, 4.69) is 81.5 Å². The number of carbonyl (C=O) groups excluding carboxylic acids is 3. The second-order valence-electron chi connectivity index (χ2n) is 22.0. The Bertz CT molecular complexity index is 1340. The van der Waals surface area contributed by atoms with Gasteiger partial charge in [-0.1, -0.05) is 300 Å². The maximum atomic E-state index is 12.8. The second-order valence-corrected chi connectivity index (χ2v) is 22.0. The molecule has 0 aliphatic rings. The number of carbonyl (C=O) groups is 3. The fourth-order valence-corrected chi connectivity index (χ4v) is 9.61. The molecule has 0 aliphatic heterocycles. The van der Waals surface area contributed by atoms with Crippen LogP contribution in [0.2, 0.25) is 0 Å². The Morgan fingerprint density at radius 1 is 0.280 bits per heavy atom. The van der Waals surface area contributed by atoms with Crippen molar-refractivity contribution in [3.63, 3.8) is 0 Å². The fraction of sp³-hybridized carbons (Fsp3) is 0.812. The Balaban J connectivity index is 3.99. The third-order valence-corrected chi connectivity index (χ3v) is 14.5. The quantitative estimate of drug-likeness (QED) is 0.0261. The molecule has 0 fully saturated rings. The maximum Gasteiger partial charge on any atom is 0.306 e. The van der Waals surface area contributed by atoms with E-state index in [1.165, 1.54) is 212 Å². The Hall–Kier alpha value is -2.89. The van der Waals surface area contributed by atoms with Gasteiger partial charge in [-0.15, -0.1) is 0 Å². The molecule has 75 heavy (non-hydrogen) atoms. The normalized spacial score (nSPS) is 12.4. The van der Waals surface area contributed by atoms with Crippen LogP contribution >= 0.6 is 0 Å². The van der Waals surface area contributed by atoms with Gasteiger partial charge in [0.2, 0.25) is 0 Å². The van der Waals surface area contributed by atoms with Crippen LogP contribution in [0.4, 0.5) is 0 Å². The summed E-state index contributed by atoms with van der Waals surface area (Å²) >= 11 is 0. The molecule has 0 aromatic heterocycles. The lowest BCUT2D eigenvalue weighted by Crippen LogP contribution is -2.30. The van der Waals surface area contributed by atoms with Crippen molar-refractivity contribution in [2.75, 3.05) is 13.2 Å². The van der Waals surface area contributed by atoms with Crippen LogP contribution in [0.15, 0.2) is 60.8 Å². The molecule has 0 saturated heterocycles. The van der Waals surface area contributed by atoms with Crippen LogP contribution in [0.3, 0.4) is 0 Å². The molecule has 6 heteroatoms. The molecule has 1 atom stereocenters. The second kappa shape index (κ2) is 63.6. The van der Waals surface area contributed by atoms with Crippen LogP contribution in [0.1, 0.15) is 342 Å². The number of rotatable bonds is 60. The molecule has 6 nitrogen and oxygen atoms in total. The molecule has 0 bridgehead atoms. The van der Waals surface area contributed by atoms with E-state index < -0.39 is 6.10 Å². The molecule has 0 rings (SSSR count). The zero-order chi connectivity index (χ0) is 54.3. The third kappa shape index (κ3) is 61.8. The smallest absolute Gasteiger partial charge is 0.306 e.